The molecule has 0 atom stereocenters. The van der Waals surface area contributed by atoms with Crippen LogP contribution in [0.25, 0.3) is 0 Å². The van der Waals surface area contributed by atoms with Crippen molar-refractivity contribution in [2.75, 3.05) is 0 Å². The molecule has 88 valence electrons. The lowest BCUT2D eigenvalue weighted by atomic mass is 10.2. The van der Waals surface area contributed by atoms with Crippen LogP contribution in [-0.4, -0.2) is 9.97 Å². The summed E-state index contributed by atoms with van der Waals surface area (Å²) in [6.45, 7) is 1.91. The lowest BCUT2D eigenvalue weighted by Gasteiger charge is -2.03. The van der Waals surface area contributed by atoms with E-state index < -0.39 is 0 Å². The van der Waals surface area contributed by atoms with E-state index in [0.29, 0.717) is 15.9 Å². The molecule has 0 saturated heterocycles. The zero-order chi connectivity index (χ0) is 12.3. The third kappa shape index (κ3) is 3.41. The maximum atomic E-state index is 12.8. The highest BCUT2D eigenvalue weighted by molar-refractivity contribution is 7.98. The maximum Gasteiger partial charge on any atom is 0.188 e. The average Bonchev–Trinajstić information content (AvgIpc) is 2.28. The summed E-state index contributed by atoms with van der Waals surface area (Å²) >= 11 is 7.41. The minimum atomic E-state index is -0.324. The van der Waals surface area contributed by atoms with Gasteiger partial charge in [-0.15, -0.1) is 0 Å². The van der Waals surface area contributed by atoms with Crippen molar-refractivity contribution in [2.45, 2.75) is 17.8 Å². The predicted octanol–water partition coefficient (Wildman–Crippen LogP) is 3.87. The molecule has 1 heterocycles. The molecule has 1 aromatic heterocycles. The van der Waals surface area contributed by atoms with Gasteiger partial charge >= 0.3 is 0 Å². The molecule has 0 N–H and O–H groups in total. The first kappa shape index (κ1) is 12.3. The average molecular weight is 269 g/mol. The molecule has 2 rings (SSSR count). The van der Waals surface area contributed by atoms with Crippen LogP contribution in [0.2, 0.25) is 5.02 Å². The monoisotopic (exact) mass is 268 g/mol. The molecule has 0 fully saturated rings. The van der Waals surface area contributed by atoms with Crippen molar-refractivity contribution in [1.29, 1.82) is 0 Å². The van der Waals surface area contributed by atoms with Crippen molar-refractivity contribution in [3.05, 3.63) is 52.6 Å². The van der Waals surface area contributed by atoms with Gasteiger partial charge in [-0.25, -0.2) is 14.4 Å². The van der Waals surface area contributed by atoms with Gasteiger partial charge in [-0.2, -0.15) is 0 Å². The standard InChI is InChI=1S/C12H10ClFN2S/c1-8-4-5-15-12(16-8)17-7-9-2-3-10(14)6-11(9)13/h2-6H,7H2,1H3. The summed E-state index contributed by atoms with van der Waals surface area (Å²) in [6, 6.07) is 6.24. The van der Waals surface area contributed by atoms with Crippen LogP contribution in [-0.2, 0) is 5.75 Å². The third-order valence-corrected chi connectivity index (χ3v) is 3.41. The second-order valence-electron chi connectivity index (χ2n) is 3.51. The topological polar surface area (TPSA) is 25.8 Å². The van der Waals surface area contributed by atoms with Gasteiger partial charge in [0.1, 0.15) is 5.82 Å². The maximum absolute atomic E-state index is 12.8. The highest BCUT2D eigenvalue weighted by Crippen LogP contribution is 2.25. The fourth-order valence-electron chi connectivity index (χ4n) is 1.28. The van der Waals surface area contributed by atoms with Crippen LogP contribution in [0.5, 0.6) is 0 Å². The van der Waals surface area contributed by atoms with Crippen LogP contribution >= 0.6 is 23.4 Å². The van der Waals surface area contributed by atoms with Gasteiger partial charge in [0, 0.05) is 22.7 Å². The van der Waals surface area contributed by atoms with E-state index in [1.165, 1.54) is 23.9 Å². The van der Waals surface area contributed by atoms with Crippen LogP contribution in [0.3, 0.4) is 0 Å². The van der Waals surface area contributed by atoms with Gasteiger partial charge < -0.3 is 0 Å². The molecule has 0 amide bonds. The molecule has 17 heavy (non-hydrogen) atoms. The van der Waals surface area contributed by atoms with Gasteiger partial charge in [-0.3, -0.25) is 0 Å². The molecule has 0 aliphatic rings. The highest BCUT2D eigenvalue weighted by atomic mass is 35.5. The Bertz CT molecular complexity index is 534. The fourth-order valence-corrected chi connectivity index (χ4v) is 2.47. The Hall–Kier alpha value is -1.13. The number of halogens is 2. The molecule has 0 aliphatic carbocycles. The molecule has 0 spiro atoms. The molecule has 0 saturated carbocycles. The number of benzene rings is 1. The SMILES string of the molecule is Cc1ccnc(SCc2ccc(F)cc2Cl)n1. The highest BCUT2D eigenvalue weighted by Gasteiger charge is 2.04. The van der Waals surface area contributed by atoms with Gasteiger partial charge in [0.05, 0.1) is 0 Å². The number of aromatic nitrogens is 2. The Morgan fingerprint density at radius 2 is 2.18 bits per heavy atom. The van der Waals surface area contributed by atoms with Crippen molar-refractivity contribution in [2.24, 2.45) is 0 Å². The normalized spacial score (nSPS) is 10.5. The van der Waals surface area contributed by atoms with Crippen molar-refractivity contribution in [1.82, 2.24) is 9.97 Å². The molecule has 2 aromatic rings. The summed E-state index contributed by atoms with van der Waals surface area (Å²) in [6.07, 6.45) is 1.72. The first-order chi connectivity index (χ1) is 8.15. The van der Waals surface area contributed by atoms with E-state index in [0.717, 1.165) is 11.3 Å². The largest absolute Gasteiger partial charge is 0.231 e. The van der Waals surface area contributed by atoms with E-state index in [-0.39, 0.29) is 5.82 Å². The van der Waals surface area contributed by atoms with Crippen LogP contribution in [0, 0.1) is 12.7 Å². The first-order valence-corrected chi connectivity index (χ1v) is 6.38. The van der Waals surface area contributed by atoms with Gasteiger partial charge in [0.25, 0.3) is 0 Å². The quantitative estimate of drug-likeness (QED) is 0.624. The summed E-state index contributed by atoms with van der Waals surface area (Å²) in [7, 11) is 0. The van der Waals surface area contributed by atoms with E-state index in [9.17, 15) is 4.39 Å². The molecule has 5 heteroatoms. The van der Waals surface area contributed by atoms with Gasteiger partial charge in [0.2, 0.25) is 0 Å². The van der Waals surface area contributed by atoms with Gasteiger partial charge in [-0.05, 0) is 30.7 Å². The van der Waals surface area contributed by atoms with E-state index in [2.05, 4.69) is 9.97 Å². The zero-order valence-corrected chi connectivity index (χ0v) is 10.7. The number of rotatable bonds is 3. The second kappa shape index (κ2) is 5.47. The first-order valence-electron chi connectivity index (χ1n) is 5.01. The van der Waals surface area contributed by atoms with E-state index >= 15 is 0 Å². The number of aryl methyl sites for hydroxylation is 1. The van der Waals surface area contributed by atoms with E-state index in [1.807, 2.05) is 13.0 Å². The summed E-state index contributed by atoms with van der Waals surface area (Å²) in [5, 5.41) is 1.13. The minimum Gasteiger partial charge on any atom is -0.231 e. The van der Waals surface area contributed by atoms with E-state index in [1.54, 1.807) is 12.3 Å². The predicted molar refractivity (Wildman–Crippen MR) is 67.7 cm³/mol. The van der Waals surface area contributed by atoms with Crippen LogP contribution in [0.4, 0.5) is 4.39 Å². The van der Waals surface area contributed by atoms with Gasteiger partial charge in [0.15, 0.2) is 5.16 Å². The number of hydrogen-bond acceptors (Lipinski definition) is 3. The summed E-state index contributed by atoms with van der Waals surface area (Å²) in [4.78, 5) is 8.41. The summed E-state index contributed by atoms with van der Waals surface area (Å²) < 4.78 is 12.8. The van der Waals surface area contributed by atoms with E-state index in [4.69, 9.17) is 11.6 Å². The number of hydrogen-bond donors (Lipinski definition) is 0. The summed E-state index contributed by atoms with van der Waals surface area (Å²) in [5.74, 6) is 0.304. The fraction of sp³-hybridized carbons (Fsp3) is 0.167. The smallest absolute Gasteiger partial charge is 0.188 e. The molecule has 0 radical (unpaired) electrons. The molecule has 0 unspecified atom stereocenters. The molecule has 1 aromatic carbocycles. The van der Waals surface area contributed by atoms with Crippen molar-refractivity contribution < 1.29 is 4.39 Å². The molecule has 0 bridgehead atoms. The number of thioether (sulfide) groups is 1. The van der Waals surface area contributed by atoms with Crippen molar-refractivity contribution >= 4 is 23.4 Å². The molecular weight excluding hydrogens is 259 g/mol. The Labute approximate surface area is 108 Å². The molecular formula is C12H10ClFN2S. The van der Waals surface area contributed by atoms with Crippen molar-refractivity contribution in [3.8, 4) is 0 Å². The summed E-state index contributed by atoms with van der Waals surface area (Å²) in [5.41, 5.74) is 1.80. The van der Waals surface area contributed by atoms with Gasteiger partial charge in [-0.1, -0.05) is 29.4 Å². The minimum absolute atomic E-state index is 0.324. The zero-order valence-electron chi connectivity index (χ0n) is 9.15. The van der Waals surface area contributed by atoms with Crippen LogP contribution in [0.1, 0.15) is 11.3 Å². The third-order valence-electron chi connectivity index (χ3n) is 2.14. The Morgan fingerprint density at radius 3 is 2.88 bits per heavy atom. The Kier molecular flexibility index (Phi) is 3.97. The van der Waals surface area contributed by atoms with Crippen LogP contribution in [0.15, 0.2) is 35.6 Å². The lowest BCUT2D eigenvalue weighted by Crippen LogP contribution is -1.90. The molecule has 2 nitrogen and oxygen atoms in total. The lowest BCUT2D eigenvalue weighted by molar-refractivity contribution is 0.627. The Balaban J connectivity index is 2.07. The molecule has 0 aliphatic heterocycles. The van der Waals surface area contributed by atoms with Crippen LogP contribution < -0.4 is 0 Å². The second-order valence-corrected chi connectivity index (χ2v) is 4.85. The Morgan fingerprint density at radius 1 is 1.35 bits per heavy atom. The van der Waals surface area contributed by atoms with Crippen molar-refractivity contribution in [3.63, 3.8) is 0 Å². The number of nitrogens with zero attached hydrogens (tertiary/aromatic N) is 2.